The lowest BCUT2D eigenvalue weighted by molar-refractivity contribution is -0.383. The van der Waals surface area contributed by atoms with E-state index >= 15 is 0 Å². The van der Waals surface area contributed by atoms with Crippen molar-refractivity contribution in [2.24, 2.45) is 0 Å². The average molecular weight is 297 g/mol. The van der Waals surface area contributed by atoms with E-state index in [0.717, 1.165) is 6.42 Å². The van der Waals surface area contributed by atoms with Crippen LogP contribution in [0, 0.1) is 10.1 Å². The molecule has 1 aromatic heterocycles. The number of aromatic nitrogens is 2. The Labute approximate surface area is 122 Å². The molecule has 1 unspecified atom stereocenters. The molecule has 0 aliphatic carbocycles. The number of nitrogens with zero attached hydrogens (tertiary/aromatic N) is 4. The Kier molecular flexibility index (Phi) is 5.23. The van der Waals surface area contributed by atoms with E-state index in [1.165, 1.54) is 6.33 Å². The zero-order chi connectivity index (χ0) is 15.2. The van der Waals surface area contributed by atoms with E-state index in [9.17, 15) is 15.2 Å². The lowest BCUT2D eigenvalue weighted by atomic mass is 10.2. The van der Waals surface area contributed by atoms with Crippen LogP contribution in [0.4, 0.5) is 17.3 Å². The van der Waals surface area contributed by atoms with Crippen LogP contribution >= 0.6 is 0 Å². The second-order valence-electron chi connectivity index (χ2n) is 4.70. The summed E-state index contributed by atoms with van der Waals surface area (Å²) in [6, 6.07) is 0. The summed E-state index contributed by atoms with van der Waals surface area (Å²) in [4.78, 5) is 20.7. The first kappa shape index (κ1) is 15.4. The highest BCUT2D eigenvalue weighted by molar-refractivity contribution is 5.70. The smallest absolute Gasteiger partial charge is 0.353 e. The number of nitro groups is 1. The first-order valence-corrected chi connectivity index (χ1v) is 6.88. The minimum atomic E-state index is -0.475. The Morgan fingerprint density at radius 2 is 2.43 bits per heavy atom. The number of aliphatic hydroxyl groups is 1. The van der Waals surface area contributed by atoms with Gasteiger partial charge in [-0.25, -0.2) is 9.97 Å². The topological polar surface area (TPSA) is 114 Å². The summed E-state index contributed by atoms with van der Waals surface area (Å²) in [5, 5.41) is 23.5. The van der Waals surface area contributed by atoms with Gasteiger partial charge in [-0.2, -0.15) is 0 Å². The lowest BCUT2D eigenvalue weighted by Gasteiger charge is -2.32. The van der Waals surface area contributed by atoms with Gasteiger partial charge in [0.15, 0.2) is 0 Å². The molecule has 1 aromatic rings. The van der Waals surface area contributed by atoms with Gasteiger partial charge in [0.1, 0.15) is 6.33 Å². The molecular formula is C12H19N5O4. The van der Waals surface area contributed by atoms with Gasteiger partial charge in [-0.05, 0) is 6.42 Å². The van der Waals surface area contributed by atoms with Crippen molar-refractivity contribution in [3.05, 3.63) is 16.4 Å². The van der Waals surface area contributed by atoms with Crippen LogP contribution in [0.3, 0.4) is 0 Å². The van der Waals surface area contributed by atoms with E-state index in [1.54, 1.807) is 4.90 Å². The van der Waals surface area contributed by atoms with Crippen molar-refractivity contribution in [2.45, 2.75) is 19.4 Å². The summed E-state index contributed by atoms with van der Waals surface area (Å²) in [6.45, 7) is 3.68. The van der Waals surface area contributed by atoms with Crippen LogP contribution in [0.25, 0.3) is 0 Å². The van der Waals surface area contributed by atoms with Crippen LogP contribution in [0.15, 0.2) is 6.33 Å². The molecular weight excluding hydrogens is 278 g/mol. The molecule has 0 bridgehead atoms. The van der Waals surface area contributed by atoms with Crippen molar-refractivity contribution < 1.29 is 14.8 Å². The number of rotatable bonds is 6. The van der Waals surface area contributed by atoms with Gasteiger partial charge in [-0.3, -0.25) is 10.1 Å². The molecule has 1 atom stereocenters. The quantitative estimate of drug-likeness (QED) is 0.573. The van der Waals surface area contributed by atoms with Gasteiger partial charge in [0.25, 0.3) is 0 Å². The molecule has 9 heteroatoms. The third-order valence-corrected chi connectivity index (χ3v) is 3.17. The lowest BCUT2D eigenvalue weighted by Crippen LogP contribution is -2.44. The SMILES string of the molecule is CCCNc1ncnc(N2CCOC(CO)C2)c1[N+](=O)[O-]. The number of hydrogen-bond acceptors (Lipinski definition) is 8. The summed E-state index contributed by atoms with van der Waals surface area (Å²) in [6.07, 6.45) is 1.78. The largest absolute Gasteiger partial charge is 0.394 e. The molecule has 2 heterocycles. The molecule has 1 saturated heterocycles. The van der Waals surface area contributed by atoms with Crippen molar-refractivity contribution in [1.29, 1.82) is 0 Å². The Morgan fingerprint density at radius 1 is 1.62 bits per heavy atom. The molecule has 1 fully saturated rings. The summed E-state index contributed by atoms with van der Waals surface area (Å²) in [7, 11) is 0. The molecule has 1 aliphatic heterocycles. The molecule has 116 valence electrons. The molecule has 21 heavy (non-hydrogen) atoms. The Bertz CT molecular complexity index is 499. The fourth-order valence-corrected chi connectivity index (χ4v) is 2.16. The summed E-state index contributed by atoms with van der Waals surface area (Å²) in [5.74, 6) is 0.481. The van der Waals surface area contributed by atoms with Crippen molar-refractivity contribution in [3.8, 4) is 0 Å². The van der Waals surface area contributed by atoms with E-state index in [1.807, 2.05) is 6.92 Å². The van der Waals surface area contributed by atoms with Crippen LogP contribution < -0.4 is 10.2 Å². The minimum Gasteiger partial charge on any atom is -0.394 e. The van der Waals surface area contributed by atoms with E-state index in [2.05, 4.69) is 15.3 Å². The molecule has 2 rings (SSSR count). The highest BCUT2D eigenvalue weighted by Crippen LogP contribution is 2.32. The zero-order valence-electron chi connectivity index (χ0n) is 11.9. The highest BCUT2D eigenvalue weighted by atomic mass is 16.6. The monoisotopic (exact) mass is 297 g/mol. The number of morpholine rings is 1. The average Bonchev–Trinajstić information content (AvgIpc) is 2.52. The molecule has 0 saturated carbocycles. The maximum absolute atomic E-state index is 11.4. The van der Waals surface area contributed by atoms with Crippen molar-refractivity contribution in [3.63, 3.8) is 0 Å². The van der Waals surface area contributed by atoms with Gasteiger partial charge < -0.3 is 20.1 Å². The molecule has 0 amide bonds. The second kappa shape index (κ2) is 7.14. The van der Waals surface area contributed by atoms with E-state index < -0.39 is 4.92 Å². The van der Waals surface area contributed by atoms with E-state index in [4.69, 9.17) is 4.74 Å². The van der Waals surface area contributed by atoms with Crippen molar-refractivity contribution in [1.82, 2.24) is 9.97 Å². The third kappa shape index (κ3) is 3.56. The number of aliphatic hydroxyl groups excluding tert-OH is 1. The van der Waals surface area contributed by atoms with Crippen molar-refractivity contribution >= 4 is 17.3 Å². The maximum atomic E-state index is 11.4. The van der Waals surface area contributed by atoms with Gasteiger partial charge in [0.05, 0.1) is 24.2 Å². The number of hydrogen-bond donors (Lipinski definition) is 2. The van der Waals surface area contributed by atoms with E-state index in [0.29, 0.717) is 26.2 Å². The Morgan fingerprint density at radius 3 is 3.10 bits per heavy atom. The first-order valence-electron chi connectivity index (χ1n) is 6.88. The molecule has 0 aromatic carbocycles. The fraction of sp³-hybridized carbons (Fsp3) is 0.667. The fourth-order valence-electron chi connectivity index (χ4n) is 2.16. The molecule has 2 N–H and O–H groups in total. The predicted octanol–water partition coefficient (Wildman–Crippen LogP) is 0.404. The predicted molar refractivity (Wildman–Crippen MR) is 76.5 cm³/mol. The minimum absolute atomic E-state index is 0.129. The zero-order valence-corrected chi connectivity index (χ0v) is 11.9. The molecule has 9 nitrogen and oxygen atoms in total. The number of ether oxygens (including phenoxy) is 1. The number of anilines is 2. The normalized spacial score (nSPS) is 18.6. The van der Waals surface area contributed by atoms with E-state index in [-0.39, 0.29) is 30.0 Å². The summed E-state index contributed by atoms with van der Waals surface area (Å²) in [5.41, 5.74) is -0.135. The standard InChI is InChI=1S/C12H19N5O4/c1-2-3-13-11-10(17(19)20)12(15-8-14-11)16-4-5-21-9(6-16)7-18/h8-9,18H,2-7H2,1H3,(H,13,14,15). The van der Waals surface area contributed by atoms with Gasteiger partial charge in [-0.1, -0.05) is 6.92 Å². The van der Waals surface area contributed by atoms with Crippen LogP contribution in [-0.2, 0) is 4.74 Å². The Balaban J connectivity index is 2.31. The maximum Gasteiger partial charge on any atom is 0.353 e. The van der Waals surface area contributed by atoms with Crippen LogP contribution in [-0.4, -0.2) is 58.9 Å². The summed E-state index contributed by atoms with van der Waals surface area (Å²) < 4.78 is 5.35. The van der Waals surface area contributed by atoms with Crippen LogP contribution in [0.1, 0.15) is 13.3 Å². The van der Waals surface area contributed by atoms with Crippen molar-refractivity contribution in [2.75, 3.05) is 43.1 Å². The molecule has 0 radical (unpaired) electrons. The first-order chi connectivity index (χ1) is 10.2. The van der Waals surface area contributed by atoms with Crippen LogP contribution in [0.5, 0.6) is 0 Å². The van der Waals surface area contributed by atoms with Crippen LogP contribution in [0.2, 0.25) is 0 Å². The molecule has 0 spiro atoms. The van der Waals surface area contributed by atoms with Gasteiger partial charge >= 0.3 is 5.69 Å². The Hall–Kier alpha value is -2.00. The molecule has 1 aliphatic rings. The van der Waals surface area contributed by atoms with Gasteiger partial charge in [0, 0.05) is 19.6 Å². The highest BCUT2D eigenvalue weighted by Gasteiger charge is 2.30. The number of nitrogens with one attached hydrogen (secondary N) is 1. The summed E-state index contributed by atoms with van der Waals surface area (Å²) >= 11 is 0. The third-order valence-electron chi connectivity index (χ3n) is 3.17. The second-order valence-corrected chi connectivity index (χ2v) is 4.70. The van der Waals surface area contributed by atoms with Gasteiger partial charge in [0.2, 0.25) is 11.6 Å². The van der Waals surface area contributed by atoms with Gasteiger partial charge in [-0.15, -0.1) is 0 Å².